The molecule has 0 amide bonds. The van der Waals surface area contributed by atoms with Crippen LogP contribution in [0.25, 0.3) is 0 Å². The van der Waals surface area contributed by atoms with Crippen molar-refractivity contribution in [2.45, 2.75) is 0 Å². The molecule has 0 fully saturated rings. The Labute approximate surface area is 176 Å². The van der Waals surface area contributed by atoms with Gasteiger partial charge in [-0.25, -0.2) is 14.8 Å². The molecule has 31 heavy (non-hydrogen) atoms. The van der Waals surface area contributed by atoms with E-state index in [1.807, 2.05) is 0 Å². The third kappa shape index (κ3) is 4.29. The first kappa shape index (κ1) is 19.9. The van der Waals surface area contributed by atoms with Crippen molar-refractivity contribution in [2.75, 3.05) is 31.0 Å². The number of carbonyl (C=O) groups is 1. The number of methoxy groups -OCH3 is 1. The maximum Gasteiger partial charge on any atom is 0.353 e. The highest BCUT2D eigenvalue weighted by atomic mass is 16.6. The quantitative estimate of drug-likeness (QED) is 0.344. The van der Waals surface area contributed by atoms with Crippen molar-refractivity contribution in [1.29, 1.82) is 0 Å². The molecule has 2 heterocycles. The number of ether oxygens (including phenoxy) is 3. The summed E-state index contributed by atoms with van der Waals surface area (Å²) in [6.45, 7) is 0.889. The lowest BCUT2D eigenvalue weighted by molar-refractivity contribution is -0.383. The first-order chi connectivity index (χ1) is 15.0. The van der Waals surface area contributed by atoms with Gasteiger partial charge in [0.2, 0.25) is 11.6 Å². The average molecular weight is 423 g/mol. The van der Waals surface area contributed by atoms with Crippen LogP contribution in [0.2, 0.25) is 0 Å². The third-order valence-electron chi connectivity index (χ3n) is 4.38. The van der Waals surface area contributed by atoms with Crippen LogP contribution >= 0.6 is 0 Å². The van der Waals surface area contributed by atoms with Crippen LogP contribution in [0.1, 0.15) is 10.4 Å². The van der Waals surface area contributed by atoms with E-state index in [0.717, 1.165) is 0 Å². The van der Waals surface area contributed by atoms with Gasteiger partial charge >= 0.3 is 11.7 Å². The van der Waals surface area contributed by atoms with E-state index in [2.05, 4.69) is 25.3 Å². The zero-order valence-electron chi connectivity index (χ0n) is 16.3. The summed E-state index contributed by atoms with van der Waals surface area (Å²) < 4.78 is 15.7. The number of nitro groups is 1. The molecule has 4 rings (SSSR count). The molecule has 11 nitrogen and oxygen atoms in total. The minimum absolute atomic E-state index is 0.00496. The zero-order chi connectivity index (χ0) is 21.8. The molecule has 0 atom stereocenters. The number of nitrogens with zero attached hydrogens (tertiary/aromatic N) is 3. The summed E-state index contributed by atoms with van der Waals surface area (Å²) in [4.78, 5) is 30.8. The summed E-state index contributed by atoms with van der Waals surface area (Å²) in [5, 5.41) is 17.6. The summed E-state index contributed by atoms with van der Waals surface area (Å²) in [6.07, 6.45) is 1.21. The fourth-order valence-electron chi connectivity index (χ4n) is 2.94. The van der Waals surface area contributed by atoms with Gasteiger partial charge in [-0.3, -0.25) is 10.1 Å². The number of anilines is 4. The molecule has 2 N–H and O–H groups in total. The SMILES string of the molecule is COC(=O)c1ccc(Nc2ncnc(Nc3ccc4c(c3)OCCO4)c2[N+](=O)[O-])cc1. The molecule has 1 aliphatic heterocycles. The smallest absolute Gasteiger partial charge is 0.353 e. The van der Waals surface area contributed by atoms with Gasteiger partial charge in [0.15, 0.2) is 11.5 Å². The Morgan fingerprint density at radius 1 is 1.00 bits per heavy atom. The van der Waals surface area contributed by atoms with Crippen molar-refractivity contribution >= 4 is 34.7 Å². The van der Waals surface area contributed by atoms with E-state index in [1.165, 1.54) is 25.6 Å². The molecule has 11 heteroatoms. The molecular weight excluding hydrogens is 406 g/mol. The van der Waals surface area contributed by atoms with Gasteiger partial charge < -0.3 is 24.8 Å². The van der Waals surface area contributed by atoms with Crippen LogP contribution in [0, 0.1) is 10.1 Å². The number of aromatic nitrogens is 2. The normalized spacial score (nSPS) is 12.0. The molecule has 0 radical (unpaired) electrons. The Morgan fingerprint density at radius 2 is 1.61 bits per heavy atom. The number of fused-ring (bicyclic) bond motifs is 1. The first-order valence-electron chi connectivity index (χ1n) is 9.16. The van der Waals surface area contributed by atoms with Gasteiger partial charge in [-0.05, 0) is 36.4 Å². The minimum Gasteiger partial charge on any atom is -0.486 e. The number of hydrogen-bond acceptors (Lipinski definition) is 10. The van der Waals surface area contributed by atoms with E-state index in [9.17, 15) is 14.9 Å². The van der Waals surface area contributed by atoms with Gasteiger partial charge in [-0.15, -0.1) is 0 Å². The highest BCUT2D eigenvalue weighted by Crippen LogP contribution is 2.36. The number of hydrogen-bond donors (Lipinski definition) is 2. The maximum absolute atomic E-state index is 11.8. The molecule has 0 spiro atoms. The van der Waals surface area contributed by atoms with Gasteiger partial charge in [0.1, 0.15) is 19.5 Å². The second kappa shape index (κ2) is 8.53. The molecule has 0 saturated carbocycles. The fraction of sp³-hybridized carbons (Fsp3) is 0.150. The lowest BCUT2D eigenvalue weighted by Crippen LogP contribution is -2.15. The average Bonchev–Trinajstić information content (AvgIpc) is 2.79. The van der Waals surface area contributed by atoms with E-state index in [-0.39, 0.29) is 17.3 Å². The van der Waals surface area contributed by atoms with Gasteiger partial charge in [-0.2, -0.15) is 0 Å². The largest absolute Gasteiger partial charge is 0.486 e. The lowest BCUT2D eigenvalue weighted by Gasteiger charge is -2.19. The first-order valence-corrected chi connectivity index (χ1v) is 9.16. The Bertz CT molecular complexity index is 1140. The van der Waals surface area contributed by atoms with Gasteiger partial charge in [0.25, 0.3) is 0 Å². The molecule has 1 aliphatic rings. The summed E-state index contributed by atoms with van der Waals surface area (Å²) in [5.74, 6) is 0.658. The summed E-state index contributed by atoms with van der Waals surface area (Å²) in [6, 6.07) is 11.4. The lowest BCUT2D eigenvalue weighted by atomic mass is 10.2. The van der Waals surface area contributed by atoms with Crippen LogP contribution in [-0.2, 0) is 4.74 Å². The highest BCUT2D eigenvalue weighted by molar-refractivity contribution is 5.90. The van der Waals surface area contributed by atoms with Crippen LogP contribution in [0.15, 0.2) is 48.8 Å². The van der Waals surface area contributed by atoms with Crippen molar-refractivity contribution in [1.82, 2.24) is 9.97 Å². The summed E-state index contributed by atoms with van der Waals surface area (Å²) in [7, 11) is 1.29. The van der Waals surface area contributed by atoms with Crippen molar-refractivity contribution in [3.63, 3.8) is 0 Å². The molecule has 0 saturated heterocycles. The number of carbonyl (C=O) groups excluding carboxylic acids is 1. The topological polar surface area (TPSA) is 138 Å². The summed E-state index contributed by atoms with van der Waals surface area (Å²) in [5.41, 5.74) is 1.06. The predicted molar refractivity (Wildman–Crippen MR) is 110 cm³/mol. The second-order valence-corrected chi connectivity index (χ2v) is 6.35. The van der Waals surface area contributed by atoms with E-state index >= 15 is 0 Å². The Hall–Kier alpha value is -4.41. The van der Waals surface area contributed by atoms with Crippen molar-refractivity contribution in [3.05, 3.63) is 64.5 Å². The number of rotatable bonds is 6. The highest BCUT2D eigenvalue weighted by Gasteiger charge is 2.24. The van der Waals surface area contributed by atoms with Crippen molar-refractivity contribution in [3.8, 4) is 11.5 Å². The van der Waals surface area contributed by atoms with Crippen LogP contribution in [0.5, 0.6) is 11.5 Å². The van der Waals surface area contributed by atoms with Crippen LogP contribution in [0.3, 0.4) is 0 Å². The number of nitrogens with one attached hydrogen (secondary N) is 2. The zero-order valence-corrected chi connectivity index (χ0v) is 16.3. The standard InChI is InChI=1S/C20H17N5O6/c1-29-20(26)12-2-4-13(5-3-12)23-18-17(25(27)28)19(22-11-21-18)24-14-6-7-15-16(10-14)31-9-8-30-15/h2-7,10-11H,8-9H2,1H3,(H2,21,22,23,24). The van der Waals surface area contributed by atoms with Crippen molar-refractivity contribution in [2.24, 2.45) is 0 Å². The summed E-state index contributed by atoms with van der Waals surface area (Å²) >= 11 is 0. The van der Waals surface area contributed by atoms with E-state index in [4.69, 9.17) is 9.47 Å². The van der Waals surface area contributed by atoms with Gasteiger partial charge in [-0.1, -0.05) is 0 Å². The minimum atomic E-state index is -0.578. The number of esters is 1. The Morgan fingerprint density at radius 3 is 2.26 bits per heavy atom. The fourth-order valence-corrected chi connectivity index (χ4v) is 2.94. The molecule has 3 aromatic rings. The maximum atomic E-state index is 11.8. The predicted octanol–water partition coefficient (Wildman–Crippen LogP) is 3.43. The second-order valence-electron chi connectivity index (χ2n) is 6.35. The molecule has 0 bridgehead atoms. The molecule has 1 aromatic heterocycles. The van der Waals surface area contributed by atoms with Gasteiger partial charge in [0, 0.05) is 17.4 Å². The van der Waals surface area contributed by atoms with Gasteiger partial charge in [0.05, 0.1) is 17.6 Å². The third-order valence-corrected chi connectivity index (χ3v) is 4.38. The van der Waals surface area contributed by atoms with E-state index in [0.29, 0.717) is 41.7 Å². The molecular formula is C20H17N5O6. The van der Waals surface area contributed by atoms with Crippen LogP contribution in [0.4, 0.5) is 28.7 Å². The molecule has 158 valence electrons. The molecule has 2 aromatic carbocycles. The monoisotopic (exact) mass is 423 g/mol. The Balaban J connectivity index is 1.61. The van der Waals surface area contributed by atoms with Crippen LogP contribution in [-0.4, -0.2) is 41.2 Å². The van der Waals surface area contributed by atoms with E-state index < -0.39 is 10.9 Å². The number of benzene rings is 2. The molecule has 0 aliphatic carbocycles. The van der Waals surface area contributed by atoms with E-state index in [1.54, 1.807) is 30.3 Å². The van der Waals surface area contributed by atoms with Crippen molar-refractivity contribution < 1.29 is 23.9 Å². The molecule has 0 unspecified atom stereocenters. The Kier molecular flexibility index (Phi) is 5.47. The van der Waals surface area contributed by atoms with Crippen LogP contribution < -0.4 is 20.1 Å².